The largest absolute Gasteiger partial charge is 0.308 e. The fourth-order valence-corrected chi connectivity index (χ4v) is 3.11. The highest BCUT2D eigenvalue weighted by Gasteiger charge is 2.22. The Labute approximate surface area is 111 Å². The van der Waals surface area contributed by atoms with Crippen molar-refractivity contribution in [2.24, 2.45) is 11.8 Å². The summed E-state index contributed by atoms with van der Waals surface area (Å²) in [5.41, 5.74) is 1.16. The first-order valence-electron chi connectivity index (χ1n) is 7.37. The minimum Gasteiger partial charge on any atom is -0.308 e. The van der Waals surface area contributed by atoms with Gasteiger partial charge in [0.2, 0.25) is 0 Å². The summed E-state index contributed by atoms with van der Waals surface area (Å²) in [5.74, 6) is 1.77. The summed E-state index contributed by atoms with van der Waals surface area (Å²) in [4.78, 5) is 4.37. The molecule has 18 heavy (non-hydrogen) atoms. The van der Waals surface area contributed by atoms with E-state index < -0.39 is 0 Å². The third-order valence-corrected chi connectivity index (χ3v) is 3.89. The highest BCUT2D eigenvalue weighted by atomic mass is 14.9. The summed E-state index contributed by atoms with van der Waals surface area (Å²) < 4.78 is 0. The molecule has 0 aliphatic heterocycles. The van der Waals surface area contributed by atoms with E-state index >= 15 is 0 Å². The molecule has 0 saturated heterocycles. The number of nitrogens with zero attached hydrogens (tertiary/aromatic N) is 1. The second kappa shape index (κ2) is 6.89. The standard InChI is InChI=1S/C16H26N2/c1-13(2)10-14-6-5-8-15(11-14)18-12-16-7-3-4-9-17-16/h3-4,7,9,13-15,18H,5-6,8,10-12H2,1-2H3. The van der Waals surface area contributed by atoms with Crippen molar-refractivity contribution in [3.63, 3.8) is 0 Å². The molecule has 1 N–H and O–H groups in total. The van der Waals surface area contributed by atoms with E-state index in [-0.39, 0.29) is 0 Å². The smallest absolute Gasteiger partial charge is 0.0541 e. The Hall–Kier alpha value is -0.890. The Morgan fingerprint density at radius 3 is 2.94 bits per heavy atom. The monoisotopic (exact) mass is 246 g/mol. The van der Waals surface area contributed by atoms with Crippen LogP contribution in [-0.4, -0.2) is 11.0 Å². The number of nitrogens with one attached hydrogen (secondary N) is 1. The molecule has 2 unspecified atom stereocenters. The molecule has 100 valence electrons. The fraction of sp³-hybridized carbons (Fsp3) is 0.688. The Bertz CT molecular complexity index is 334. The Balaban J connectivity index is 1.76. The number of hydrogen-bond acceptors (Lipinski definition) is 2. The average molecular weight is 246 g/mol. The van der Waals surface area contributed by atoms with Crippen molar-refractivity contribution in [2.45, 2.75) is 58.5 Å². The molecule has 1 aromatic rings. The van der Waals surface area contributed by atoms with Crippen LogP contribution in [0.4, 0.5) is 0 Å². The normalized spacial score (nSPS) is 24.4. The maximum Gasteiger partial charge on any atom is 0.0541 e. The lowest BCUT2D eigenvalue weighted by atomic mass is 9.81. The molecule has 1 fully saturated rings. The van der Waals surface area contributed by atoms with E-state index in [2.05, 4.69) is 36.3 Å². The van der Waals surface area contributed by atoms with Crippen molar-refractivity contribution in [3.05, 3.63) is 30.1 Å². The van der Waals surface area contributed by atoms with Gasteiger partial charge in [-0.05, 0) is 43.2 Å². The topological polar surface area (TPSA) is 24.9 Å². The SMILES string of the molecule is CC(C)CC1CCCC(NCc2ccccn2)C1. The van der Waals surface area contributed by atoms with Crippen LogP contribution in [0.15, 0.2) is 24.4 Å². The van der Waals surface area contributed by atoms with Gasteiger partial charge >= 0.3 is 0 Å². The van der Waals surface area contributed by atoms with Crippen LogP contribution in [0.3, 0.4) is 0 Å². The number of rotatable bonds is 5. The number of pyridine rings is 1. The van der Waals surface area contributed by atoms with Crippen LogP contribution in [0.25, 0.3) is 0 Å². The van der Waals surface area contributed by atoms with E-state index in [0.717, 1.165) is 24.1 Å². The van der Waals surface area contributed by atoms with Gasteiger partial charge in [0.25, 0.3) is 0 Å². The zero-order chi connectivity index (χ0) is 12.8. The molecule has 1 aromatic heterocycles. The summed E-state index contributed by atoms with van der Waals surface area (Å²) in [6.45, 7) is 5.59. The first kappa shape index (κ1) is 13.5. The van der Waals surface area contributed by atoms with Gasteiger partial charge in [0, 0.05) is 18.8 Å². The molecule has 1 aliphatic rings. The Morgan fingerprint density at radius 2 is 2.22 bits per heavy atom. The van der Waals surface area contributed by atoms with Gasteiger partial charge in [-0.25, -0.2) is 0 Å². The minimum absolute atomic E-state index is 0.699. The second-order valence-corrected chi connectivity index (χ2v) is 6.06. The van der Waals surface area contributed by atoms with Gasteiger partial charge in [-0.3, -0.25) is 4.98 Å². The molecule has 2 nitrogen and oxygen atoms in total. The lowest BCUT2D eigenvalue weighted by molar-refractivity contribution is 0.251. The molecule has 0 spiro atoms. The van der Waals surface area contributed by atoms with E-state index in [9.17, 15) is 0 Å². The third-order valence-electron chi connectivity index (χ3n) is 3.89. The highest BCUT2D eigenvalue weighted by Crippen LogP contribution is 2.29. The van der Waals surface area contributed by atoms with Gasteiger partial charge in [0.15, 0.2) is 0 Å². The zero-order valence-electron chi connectivity index (χ0n) is 11.7. The van der Waals surface area contributed by atoms with E-state index in [1.54, 1.807) is 0 Å². The predicted molar refractivity (Wildman–Crippen MR) is 76.3 cm³/mol. The summed E-state index contributed by atoms with van der Waals surface area (Å²) in [6.07, 6.45) is 8.77. The molecule has 1 heterocycles. The molecule has 0 radical (unpaired) electrons. The van der Waals surface area contributed by atoms with Crippen LogP contribution in [-0.2, 0) is 6.54 Å². The molecule has 0 amide bonds. The molecule has 0 bridgehead atoms. The van der Waals surface area contributed by atoms with Crippen LogP contribution < -0.4 is 5.32 Å². The second-order valence-electron chi connectivity index (χ2n) is 6.06. The van der Waals surface area contributed by atoms with Crippen LogP contribution in [0.5, 0.6) is 0 Å². The van der Waals surface area contributed by atoms with Crippen molar-refractivity contribution >= 4 is 0 Å². The van der Waals surface area contributed by atoms with Crippen LogP contribution in [0.2, 0.25) is 0 Å². The molecule has 0 aromatic carbocycles. The molecule has 2 rings (SSSR count). The summed E-state index contributed by atoms with van der Waals surface area (Å²) >= 11 is 0. The predicted octanol–water partition coefficient (Wildman–Crippen LogP) is 3.78. The average Bonchev–Trinajstić information content (AvgIpc) is 2.37. The molecular weight excluding hydrogens is 220 g/mol. The maximum atomic E-state index is 4.37. The first-order chi connectivity index (χ1) is 8.74. The van der Waals surface area contributed by atoms with Crippen LogP contribution in [0.1, 0.15) is 51.6 Å². The van der Waals surface area contributed by atoms with Crippen LogP contribution >= 0.6 is 0 Å². The Kier molecular flexibility index (Phi) is 5.18. The van der Waals surface area contributed by atoms with Crippen molar-refractivity contribution < 1.29 is 0 Å². The molecule has 2 heteroatoms. The first-order valence-corrected chi connectivity index (χ1v) is 7.37. The van der Waals surface area contributed by atoms with Crippen molar-refractivity contribution in [1.29, 1.82) is 0 Å². The molecular formula is C16H26N2. The lowest BCUT2D eigenvalue weighted by Crippen LogP contribution is -2.34. The molecule has 1 saturated carbocycles. The van der Waals surface area contributed by atoms with E-state index in [1.165, 1.54) is 32.1 Å². The maximum absolute atomic E-state index is 4.37. The third kappa shape index (κ3) is 4.41. The van der Waals surface area contributed by atoms with Crippen molar-refractivity contribution in [1.82, 2.24) is 10.3 Å². The highest BCUT2D eigenvalue weighted by molar-refractivity contribution is 5.03. The summed E-state index contributed by atoms with van der Waals surface area (Å²) in [6, 6.07) is 6.83. The van der Waals surface area contributed by atoms with E-state index in [4.69, 9.17) is 0 Å². The van der Waals surface area contributed by atoms with Gasteiger partial charge in [-0.2, -0.15) is 0 Å². The van der Waals surface area contributed by atoms with E-state index in [0.29, 0.717) is 6.04 Å². The molecule has 1 aliphatic carbocycles. The van der Waals surface area contributed by atoms with Gasteiger partial charge in [0.05, 0.1) is 5.69 Å². The Morgan fingerprint density at radius 1 is 1.33 bits per heavy atom. The zero-order valence-corrected chi connectivity index (χ0v) is 11.7. The van der Waals surface area contributed by atoms with Gasteiger partial charge < -0.3 is 5.32 Å². The lowest BCUT2D eigenvalue weighted by Gasteiger charge is -2.30. The van der Waals surface area contributed by atoms with Crippen LogP contribution in [0, 0.1) is 11.8 Å². The van der Waals surface area contributed by atoms with Crippen molar-refractivity contribution in [3.8, 4) is 0 Å². The minimum atomic E-state index is 0.699. The van der Waals surface area contributed by atoms with Gasteiger partial charge in [-0.1, -0.05) is 32.8 Å². The fourth-order valence-electron chi connectivity index (χ4n) is 3.11. The van der Waals surface area contributed by atoms with Gasteiger partial charge in [0.1, 0.15) is 0 Å². The number of hydrogen-bond donors (Lipinski definition) is 1. The molecule has 2 atom stereocenters. The van der Waals surface area contributed by atoms with Crippen molar-refractivity contribution in [2.75, 3.05) is 0 Å². The van der Waals surface area contributed by atoms with Gasteiger partial charge in [-0.15, -0.1) is 0 Å². The quantitative estimate of drug-likeness (QED) is 0.855. The summed E-state index contributed by atoms with van der Waals surface area (Å²) in [7, 11) is 0. The summed E-state index contributed by atoms with van der Waals surface area (Å²) in [5, 5.41) is 3.68. The van der Waals surface area contributed by atoms with E-state index in [1.807, 2.05) is 12.3 Å². The number of aromatic nitrogens is 1.